The van der Waals surface area contributed by atoms with Gasteiger partial charge in [-0.2, -0.15) is 0 Å². The number of ether oxygens (including phenoxy) is 3. The van der Waals surface area contributed by atoms with Gasteiger partial charge in [0.1, 0.15) is 23.9 Å². The van der Waals surface area contributed by atoms with E-state index in [2.05, 4.69) is 286 Å². The van der Waals surface area contributed by atoms with Crippen molar-refractivity contribution in [3.63, 3.8) is 0 Å². The first-order valence-electron chi connectivity index (χ1n) is 33.8. The fourth-order valence-electron chi connectivity index (χ4n) is 14.1. The van der Waals surface area contributed by atoms with Gasteiger partial charge in [-0.3, -0.25) is 18.5 Å². The molecule has 0 aromatic heterocycles. The van der Waals surface area contributed by atoms with Crippen molar-refractivity contribution in [2.24, 2.45) is 11.8 Å². The van der Waals surface area contributed by atoms with E-state index >= 15 is 0 Å². The van der Waals surface area contributed by atoms with Crippen LogP contribution >= 0.6 is 31.9 Å². The molecule has 2 fully saturated rings. The maximum absolute atomic E-state index is 12.6. The molecule has 4 atom stereocenters. The summed E-state index contributed by atoms with van der Waals surface area (Å²) in [5.74, 6) is 5.07. The van der Waals surface area contributed by atoms with Crippen molar-refractivity contribution in [1.82, 2.24) is 10.2 Å². The van der Waals surface area contributed by atoms with E-state index in [9.17, 15) is 8.78 Å². The zero-order chi connectivity index (χ0) is 67.0. The average Bonchev–Trinajstić information content (AvgIpc) is 0.784. The van der Waals surface area contributed by atoms with Gasteiger partial charge in [0.25, 0.3) is 6.47 Å². The van der Waals surface area contributed by atoms with Gasteiger partial charge in [0.15, 0.2) is 0 Å². The Hall–Kier alpha value is -4.44. The molecule has 2 saturated heterocycles. The minimum absolute atomic E-state index is 0. The van der Waals surface area contributed by atoms with Gasteiger partial charge < -0.3 is 31.1 Å². The number of benzene rings is 9. The van der Waals surface area contributed by atoms with Crippen molar-refractivity contribution < 1.29 is 142 Å². The molecule has 1 N–H and O–H groups in total. The van der Waals surface area contributed by atoms with Crippen LogP contribution in [0.4, 0.5) is 8.78 Å². The second-order valence-electron chi connectivity index (χ2n) is 25.6. The first kappa shape index (κ1) is 79.3. The number of fused-ring (bicyclic) bond motifs is 3. The number of rotatable bonds is 19. The number of carbonyl (C=O) groups is 1. The van der Waals surface area contributed by atoms with Crippen molar-refractivity contribution in [2.75, 3.05) is 76.6 Å². The molecule has 0 saturated carbocycles. The summed E-state index contributed by atoms with van der Waals surface area (Å²) in [5, 5.41) is 13.1. The summed E-state index contributed by atoms with van der Waals surface area (Å²) in [6.45, 7) is 12.4. The van der Waals surface area contributed by atoms with Gasteiger partial charge >= 0.3 is 103 Å². The Morgan fingerprint density at radius 3 is 1.35 bits per heavy atom. The zero-order valence-corrected chi connectivity index (χ0v) is 66.9. The first-order valence-corrected chi connectivity index (χ1v) is 36.1. The SMILES string of the molecule is Cc1ccc2c(c1)CCC(c1ccccc1)=C2c1ccc(OCCBr)cc1.Cc1ccc2c(c1)CC[C@H](c1ccccc1)[C@@H]2c1ccc(OCCBr)cc1.Cc1ccc2c(c1)CC[C@H](c1ccccc1)[C@@H]2c1ccc(OCCN2CC(CF)C2)cc1.FCC1CNC1.O=CO[O-].[H-].[K+].[K+]. The van der Waals surface area contributed by atoms with Crippen molar-refractivity contribution in [2.45, 2.75) is 83.0 Å². The number of aryl methyl sites for hydroxylation is 6. The van der Waals surface area contributed by atoms with E-state index in [0.717, 1.165) is 86.3 Å². The number of hydrogen-bond acceptors (Lipinski definition) is 8. The normalized spacial score (nSPS) is 17.4. The zero-order valence-electron chi connectivity index (χ0n) is 58.5. The first-order chi connectivity index (χ1) is 47.1. The van der Waals surface area contributed by atoms with Crippen LogP contribution < -0.4 is 128 Å². The third kappa shape index (κ3) is 22.0. The van der Waals surface area contributed by atoms with Gasteiger partial charge in [0.05, 0.1) is 26.6 Å². The number of carbonyl (C=O) groups excluding carboxylic acids is 1. The summed E-state index contributed by atoms with van der Waals surface area (Å²) in [6.07, 6.45) is 6.80. The molecule has 14 heteroatoms. The number of halogens is 4. The Labute approximate surface area is 683 Å². The van der Waals surface area contributed by atoms with E-state index < -0.39 is 0 Å². The van der Waals surface area contributed by atoms with Crippen LogP contribution in [-0.2, 0) is 28.9 Å². The molecular weight excluding hydrogens is 1410 g/mol. The number of allylic oxidation sites excluding steroid dienone is 1. The van der Waals surface area contributed by atoms with Gasteiger partial charge in [-0.05, 0) is 185 Å². The standard InChI is InChI=1S/C29H32FNO.C25H25BrO.C25H23BrO.C4H8FN.CH2O3.2K.H/c1-21-7-13-28-25(17-21)10-14-27(23-5-3-2-4-6-23)29(28)24-8-11-26(12-9-24)32-16-15-31-19-22(18-30)20-31;2*1-18-7-13-24-21(17-18)10-14-23(19-5-3-2-4-6-19)25(24)20-8-11-22(12-9-20)27-16-15-26;5-1-4-2-6-3-4;2-1-4-3;;;/h2-9,11-13,17,22,27,29H,10,14-16,18-20H2,1H3;2-9,11-13,17,23,25H,10,14-16H2,1H3;2-9,11-13,17H,10,14-16H2,1H3;4,6H,1-3H2;1,3H;;;/q;;;;;2*+1;-1/p-1/t27-,29+;23-,25+;;;;;;/m11....../s1. The Bertz CT molecular complexity index is 3890. The predicted octanol–water partition coefficient (Wildman–Crippen LogP) is 12.2. The number of hydrogen-bond donors (Lipinski definition) is 1. The minimum atomic E-state index is -0.202. The topological polar surface area (TPSA) is 92.3 Å². The van der Waals surface area contributed by atoms with Crippen LogP contribution in [0.2, 0.25) is 0 Å². The van der Waals surface area contributed by atoms with Crippen LogP contribution in [0.5, 0.6) is 17.2 Å². The fourth-order valence-corrected chi connectivity index (χ4v) is 14.4. The summed E-state index contributed by atoms with van der Waals surface area (Å²) in [4.78, 5) is 13.5. The van der Waals surface area contributed by atoms with Crippen LogP contribution in [0.1, 0.15) is 128 Å². The van der Waals surface area contributed by atoms with E-state index in [0.29, 0.717) is 49.4 Å². The summed E-state index contributed by atoms with van der Waals surface area (Å²) in [5.41, 5.74) is 23.7. The second kappa shape index (κ2) is 41.6. The predicted molar refractivity (Wildman–Crippen MR) is 393 cm³/mol. The number of nitrogens with zero attached hydrogens (tertiary/aromatic N) is 1. The van der Waals surface area contributed by atoms with Crippen LogP contribution in [0.25, 0.3) is 11.1 Å². The molecule has 9 aromatic rings. The number of nitrogens with one attached hydrogen (secondary N) is 1. The minimum Gasteiger partial charge on any atom is -1.00 e. The van der Waals surface area contributed by atoms with E-state index in [1.807, 2.05) is 0 Å². The molecule has 3 aliphatic carbocycles. The van der Waals surface area contributed by atoms with Gasteiger partial charge in [-0.1, -0.05) is 231 Å². The third-order valence-electron chi connectivity index (χ3n) is 18.9. The quantitative estimate of drug-likeness (QED) is 0.0281. The van der Waals surface area contributed by atoms with Crippen LogP contribution in [0.15, 0.2) is 218 Å². The fraction of sp³-hybridized carbons (Fsp3) is 0.321. The summed E-state index contributed by atoms with van der Waals surface area (Å²) < 4.78 is 41.4. The molecular formula is C84H90Br2F2K2N2O6. The Balaban J connectivity index is 0.000000193. The molecule has 502 valence electrons. The van der Waals surface area contributed by atoms with Gasteiger partial charge in [0, 0.05) is 67.1 Å². The molecule has 0 radical (unpaired) electrons. The second-order valence-corrected chi connectivity index (χ2v) is 27.2. The van der Waals surface area contributed by atoms with E-state index in [1.165, 1.54) is 107 Å². The molecule has 0 unspecified atom stereocenters. The Morgan fingerprint density at radius 1 is 0.500 bits per heavy atom. The molecule has 0 bridgehead atoms. The molecule has 8 nitrogen and oxygen atoms in total. The Morgan fingerprint density at radius 2 is 0.929 bits per heavy atom. The van der Waals surface area contributed by atoms with Gasteiger partial charge in [0.2, 0.25) is 0 Å². The largest absolute Gasteiger partial charge is 1.00 e. The number of likely N-dealkylation sites (tertiary alicyclic amines) is 1. The van der Waals surface area contributed by atoms with Crippen LogP contribution in [0.3, 0.4) is 0 Å². The maximum atomic E-state index is 12.6. The summed E-state index contributed by atoms with van der Waals surface area (Å²) in [7, 11) is 0. The molecule has 5 aliphatic rings. The van der Waals surface area contributed by atoms with Crippen molar-refractivity contribution >= 4 is 49.5 Å². The molecule has 14 rings (SSSR count). The third-order valence-corrected chi connectivity index (χ3v) is 19.6. The van der Waals surface area contributed by atoms with Gasteiger partial charge in [-0.15, -0.1) is 0 Å². The summed E-state index contributed by atoms with van der Waals surface area (Å²) >= 11 is 6.83. The molecule has 9 aromatic carbocycles. The van der Waals surface area contributed by atoms with Crippen molar-refractivity contribution in [1.29, 1.82) is 0 Å². The average molecular weight is 1500 g/mol. The monoisotopic (exact) mass is 1500 g/mol. The molecule has 2 heterocycles. The maximum Gasteiger partial charge on any atom is 1.00 e. The molecule has 0 amide bonds. The smallest absolute Gasteiger partial charge is 1.00 e. The van der Waals surface area contributed by atoms with E-state index in [-0.39, 0.29) is 130 Å². The molecule has 0 spiro atoms. The van der Waals surface area contributed by atoms with E-state index in [1.54, 1.807) is 0 Å². The molecule has 98 heavy (non-hydrogen) atoms. The van der Waals surface area contributed by atoms with Gasteiger partial charge in [-0.25, -0.2) is 0 Å². The van der Waals surface area contributed by atoms with E-state index in [4.69, 9.17) is 24.3 Å². The molecule has 2 aliphatic heterocycles. The van der Waals surface area contributed by atoms with Crippen molar-refractivity contribution in [3.8, 4) is 17.2 Å². The van der Waals surface area contributed by atoms with Crippen LogP contribution in [-0.4, -0.2) is 87.9 Å². The van der Waals surface area contributed by atoms with Crippen LogP contribution in [0, 0.1) is 32.6 Å². The van der Waals surface area contributed by atoms with Crippen molar-refractivity contribution in [3.05, 3.63) is 302 Å². The number of alkyl halides is 4. The Kier molecular flexibility index (Phi) is 33.7. The summed E-state index contributed by atoms with van der Waals surface area (Å²) in [6, 6.07) is 79.5.